The molecule has 1 amide bonds. The maximum atomic E-state index is 11.5. The van der Waals surface area contributed by atoms with Crippen molar-refractivity contribution in [2.75, 3.05) is 19.5 Å². The van der Waals surface area contributed by atoms with Crippen molar-refractivity contribution >= 4 is 23.2 Å². The fourth-order valence-electron chi connectivity index (χ4n) is 4.03. The number of benzene rings is 2. The zero-order chi connectivity index (χ0) is 26.5. The van der Waals surface area contributed by atoms with E-state index in [1.807, 2.05) is 60.7 Å². The molecule has 10 heteroatoms. The minimum atomic E-state index is -1.21. The molecule has 10 nitrogen and oxygen atoms in total. The van der Waals surface area contributed by atoms with Crippen LogP contribution in [0.25, 0.3) is 22.3 Å². The first-order chi connectivity index (χ1) is 18.5. The molecule has 0 saturated heterocycles. The quantitative estimate of drug-likeness (QED) is 0.276. The van der Waals surface area contributed by atoms with Crippen molar-refractivity contribution in [2.45, 2.75) is 13.2 Å². The molecule has 0 unspecified atom stereocenters. The molecule has 0 aliphatic rings. The van der Waals surface area contributed by atoms with Crippen LogP contribution in [0.3, 0.4) is 0 Å². The SMILES string of the molecule is COc1ccc(COc2ccc(Cn3c(NC(=O)O)nc4cc(-c5ccccc5)cnc43)cc2OC)cn1. The van der Waals surface area contributed by atoms with Gasteiger partial charge in [0.15, 0.2) is 17.1 Å². The van der Waals surface area contributed by atoms with Gasteiger partial charge >= 0.3 is 6.09 Å². The van der Waals surface area contributed by atoms with Gasteiger partial charge < -0.3 is 19.3 Å². The molecule has 0 bridgehead atoms. The maximum absolute atomic E-state index is 11.5. The minimum absolute atomic E-state index is 0.177. The third-order valence-electron chi connectivity index (χ3n) is 5.88. The van der Waals surface area contributed by atoms with Crippen LogP contribution < -0.4 is 19.5 Å². The summed E-state index contributed by atoms with van der Waals surface area (Å²) in [6.45, 7) is 0.613. The van der Waals surface area contributed by atoms with E-state index >= 15 is 0 Å². The molecule has 0 spiro atoms. The summed E-state index contributed by atoms with van der Waals surface area (Å²) in [6, 6.07) is 20.9. The number of imidazole rings is 1. The molecule has 3 heterocycles. The van der Waals surface area contributed by atoms with Crippen LogP contribution in [0.5, 0.6) is 17.4 Å². The summed E-state index contributed by atoms with van der Waals surface area (Å²) in [5.74, 6) is 1.82. The number of amides is 1. The van der Waals surface area contributed by atoms with Crippen LogP contribution in [0.15, 0.2) is 79.1 Å². The number of nitrogens with one attached hydrogen (secondary N) is 1. The van der Waals surface area contributed by atoms with Crippen LogP contribution >= 0.6 is 0 Å². The molecule has 2 aromatic carbocycles. The lowest BCUT2D eigenvalue weighted by atomic mass is 10.1. The summed E-state index contributed by atoms with van der Waals surface area (Å²) >= 11 is 0. The number of nitrogens with zero attached hydrogens (tertiary/aromatic N) is 4. The van der Waals surface area contributed by atoms with Crippen molar-refractivity contribution in [3.05, 3.63) is 90.3 Å². The monoisotopic (exact) mass is 511 g/mol. The number of ether oxygens (including phenoxy) is 3. The van der Waals surface area contributed by atoms with E-state index in [-0.39, 0.29) is 5.95 Å². The number of rotatable bonds is 9. The highest BCUT2D eigenvalue weighted by Crippen LogP contribution is 2.31. The number of hydrogen-bond donors (Lipinski definition) is 2. The van der Waals surface area contributed by atoms with Crippen molar-refractivity contribution in [2.24, 2.45) is 0 Å². The molecule has 38 heavy (non-hydrogen) atoms. The van der Waals surface area contributed by atoms with Gasteiger partial charge in [-0.1, -0.05) is 36.4 Å². The molecule has 0 fully saturated rings. The predicted octanol–water partition coefficient (Wildman–Crippen LogP) is 5.23. The van der Waals surface area contributed by atoms with Crippen LogP contribution in [0.2, 0.25) is 0 Å². The number of aromatic nitrogens is 4. The number of anilines is 1. The van der Waals surface area contributed by atoms with Crippen LogP contribution in [0.1, 0.15) is 11.1 Å². The van der Waals surface area contributed by atoms with Gasteiger partial charge in [-0.2, -0.15) is 0 Å². The Morgan fingerprint density at radius 3 is 2.42 bits per heavy atom. The molecule has 0 aliphatic carbocycles. The van der Waals surface area contributed by atoms with Gasteiger partial charge in [-0.3, -0.25) is 9.88 Å². The van der Waals surface area contributed by atoms with Crippen molar-refractivity contribution in [1.29, 1.82) is 0 Å². The smallest absolute Gasteiger partial charge is 0.411 e. The van der Waals surface area contributed by atoms with Gasteiger partial charge in [-0.15, -0.1) is 0 Å². The van der Waals surface area contributed by atoms with E-state index in [4.69, 9.17) is 14.2 Å². The van der Waals surface area contributed by atoms with Crippen molar-refractivity contribution in [3.8, 4) is 28.5 Å². The molecule has 0 saturated carbocycles. The fraction of sp³-hybridized carbons (Fsp3) is 0.143. The Kier molecular flexibility index (Phi) is 7.03. The zero-order valence-electron chi connectivity index (χ0n) is 20.8. The fourth-order valence-corrected chi connectivity index (χ4v) is 4.03. The van der Waals surface area contributed by atoms with Gasteiger partial charge in [0.25, 0.3) is 0 Å². The number of carbonyl (C=O) groups is 1. The summed E-state index contributed by atoms with van der Waals surface area (Å²) in [5, 5.41) is 11.8. The Morgan fingerprint density at radius 1 is 0.895 bits per heavy atom. The summed E-state index contributed by atoms with van der Waals surface area (Å²) in [6.07, 6.45) is 2.24. The lowest BCUT2D eigenvalue weighted by Gasteiger charge is -2.14. The molecule has 2 N–H and O–H groups in total. The standard InChI is InChI=1S/C28H25N5O5/c1-36-24-12-18(8-10-23(24)38-17-19-9-11-25(37-2)29-14-19)16-33-26-22(31-27(33)32-28(34)35)13-21(15-30-26)20-6-4-3-5-7-20/h3-15H,16-17H2,1-2H3,(H,31,32)(H,34,35). The second kappa shape index (κ2) is 10.9. The summed E-state index contributed by atoms with van der Waals surface area (Å²) in [4.78, 5) is 24.8. The molecule has 192 valence electrons. The van der Waals surface area contributed by atoms with E-state index in [0.29, 0.717) is 41.7 Å². The molecule has 3 aromatic heterocycles. The van der Waals surface area contributed by atoms with E-state index in [2.05, 4.69) is 20.3 Å². The Bertz CT molecular complexity index is 1570. The summed E-state index contributed by atoms with van der Waals surface area (Å²) in [7, 11) is 3.13. The van der Waals surface area contributed by atoms with Gasteiger partial charge in [-0.05, 0) is 35.4 Å². The van der Waals surface area contributed by atoms with Crippen molar-refractivity contribution in [1.82, 2.24) is 19.5 Å². The number of methoxy groups -OCH3 is 2. The normalized spacial score (nSPS) is 10.8. The molecule has 0 aliphatic heterocycles. The average Bonchev–Trinajstić information content (AvgIpc) is 3.28. The lowest BCUT2D eigenvalue weighted by Crippen LogP contribution is -2.14. The Balaban J connectivity index is 1.41. The maximum Gasteiger partial charge on any atom is 0.411 e. The van der Waals surface area contributed by atoms with Crippen molar-refractivity contribution in [3.63, 3.8) is 0 Å². The van der Waals surface area contributed by atoms with E-state index < -0.39 is 6.09 Å². The van der Waals surface area contributed by atoms with Crippen LogP contribution in [0, 0.1) is 0 Å². The van der Waals surface area contributed by atoms with E-state index in [1.165, 1.54) is 0 Å². The number of carboxylic acid groups (broad SMARTS) is 1. The third-order valence-corrected chi connectivity index (χ3v) is 5.88. The Morgan fingerprint density at radius 2 is 1.71 bits per heavy atom. The largest absolute Gasteiger partial charge is 0.493 e. The van der Waals surface area contributed by atoms with Gasteiger partial charge in [0.05, 0.1) is 20.8 Å². The van der Waals surface area contributed by atoms with E-state index in [1.54, 1.807) is 37.2 Å². The third kappa shape index (κ3) is 5.34. The first-order valence-corrected chi connectivity index (χ1v) is 11.7. The summed E-state index contributed by atoms with van der Waals surface area (Å²) in [5.41, 5.74) is 4.75. The highest BCUT2D eigenvalue weighted by molar-refractivity contribution is 5.86. The molecule has 0 radical (unpaired) electrons. The predicted molar refractivity (Wildman–Crippen MR) is 142 cm³/mol. The number of pyridine rings is 2. The van der Waals surface area contributed by atoms with Crippen LogP contribution in [-0.2, 0) is 13.2 Å². The zero-order valence-corrected chi connectivity index (χ0v) is 20.8. The highest BCUT2D eigenvalue weighted by atomic mass is 16.5. The Hall–Kier alpha value is -5.12. The second-order valence-electron chi connectivity index (χ2n) is 8.37. The molecule has 5 aromatic rings. The van der Waals surface area contributed by atoms with Gasteiger partial charge in [0.1, 0.15) is 12.1 Å². The molecule has 5 rings (SSSR count). The Labute approximate surface area is 218 Å². The molecule has 0 atom stereocenters. The van der Waals surface area contributed by atoms with Gasteiger partial charge in [0.2, 0.25) is 11.8 Å². The van der Waals surface area contributed by atoms with Gasteiger partial charge in [0, 0.05) is 29.6 Å². The first-order valence-electron chi connectivity index (χ1n) is 11.7. The molecular weight excluding hydrogens is 486 g/mol. The van der Waals surface area contributed by atoms with E-state index in [9.17, 15) is 9.90 Å². The van der Waals surface area contributed by atoms with Crippen LogP contribution in [0.4, 0.5) is 10.7 Å². The van der Waals surface area contributed by atoms with Crippen LogP contribution in [-0.4, -0.2) is 44.9 Å². The number of fused-ring (bicyclic) bond motifs is 1. The summed E-state index contributed by atoms with van der Waals surface area (Å²) < 4.78 is 18.3. The molecular formula is C28H25N5O5. The van der Waals surface area contributed by atoms with E-state index in [0.717, 1.165) is 22.3 Å². The average molecular weight is 512 g/mol. The second-order valence-corrected chi connectivity index (χ2v) is 8.37. The minimum Gasteiger partial charge on any atom is -0.493 e. The first kappa shape index (κ1) is 24.6. The van der Waals surface area contributed by atoms with Crippen molar-refractivity contribution < 1.29 is 24.1 Å². The highest BCUT2D eigenvalue weighted by Gasteiger charge is 2.16. The van der Waals surface area contributed by atoms with Gasteiger partial charge in [-0.25, -0.2) is 19.7 Å². The number of hydrogen-bond acceptors (Lipinski definition) is 7. The topological polar surface area (TPSA) is 121 Å². The lowest BCUT2D eigenvalue weighted by molar-refractivity contribution is 0.209.